The molecule has 0 spiro atoms. The van der Waals surface area contributed by atoms with Gasteiger partial charge >= 0.3 is 0 Å². The van der Waals surface area contributed by atoms with Crippen LogP contribution in [-0.2, 0) is 5.88 Å². The lowest BCUT2D eigenvalue weighted by atomic mass is 10.2. The number of hydrogen-bond donors (Lipinski definition) is 0. The Labute approximate surface area is 87.1 Å². The highest BCUT2D eigenvalue weighted by molar-refractivity contribution is 6.17. The van der Waals surface area contributed by atoms with Gasteiger partial charge in [-0.3, -0.25) is 9.36 Å². The van der Waals surface area contributed by atoms with E-state index in [1.807, 2.05) is 24.3 Å². The molecule has 1 heterocycles. The standard InChI is InChI=1S/C11H10ClNO/c1-8(14)13-5-4-10-6-9(7-12)2-3-11(10)13/h2-6H,7H2,1H3. The van der Waals surface area contributed by atoms with Gasteiger partial charge in [-0.2, -0.15) is 0 Å². The van der Waals surface area contributed by atoms with Crippen molar-refractivity contribution in [1.29, 1.82) is 0 Å². The van der Waals surface area contributed by atoms with E-state index in [1.165, 1.54) is 0 Å². The van der Waals surface area contributed by atoms with E-state index in [1.54, 1.807) is 17.7 Å². The van der Waals surface area contributed by atoms with Crippen molar-refractivity contribution in [2.45, 2.75) is 12.8 Å². The molecular formula is C11H10ClNO. The minimum atomic E-state index is 0.0265. The highest BCUT2D eigenvalue weighted by atomic mass is 35.5. The number of nitrogens with zero attached hydrogens (tertiary/aromatic N) is 1. The quantitative estimate of drug-likeness (QED) is 0.659. The Kier molecular flexibility index (Phi) is 2.30. The molecule has 0 bridgehead atoms. The Balaban J connectivity index is 2.65. The van der Waals surface area contributed by atoms with Crippen molar-refractivity contribution in [2.24, 2.45) is 0 Å². The molecule has 14 heavy (non-hydrogen) atoms. The molecule has 0 radical (unpaired) electrons. The van der Waals surface area contributed by atoms with Gasteiger partial charge in [-0.1, -0.05) is 6.07 Å². The number of carbonyl (C=O) groups is 1. The Morgan fingerprint density at radius 2 is 2.21 bits per heavy atom. The van der Waals surface area contributed by atoms with Gasteiger partial charge in [0.15, 0.2) is 0 Å². The van der Waals surface area contributed by atoms with Gasteiger partial charge in [0.25, 0.3) is 0 Å². The third-order valence-corrected chi connectivity index (χ3v) is 2.56. The molecule has 1 aromatic heterocycles. The van der Waals surface area contributed by atoms with Crippen LogP contribution < -0.4 is 0 Å². The summed E-state index contributed by atoms with van der Waals surface area (Å²) in [5, 5.41) is 1.05. The van der Waals surface area contributed by atoms with Gasteiger partial charge in [-0.25, -0.2) is 0 Å². The minimum absolute atomic E-state index is 0.0265. The van der Waals surface area contributed by atoms with Crippen LogP contribution in [0.4, 0.5) is 0 Å². The van der Waals surface area contributed by atoms with E-state index in [9.17, 15) is 4.79 Å². The van der Waals surface area contributed by atoms with Crippen molar-refractivity contribution in [1.82, 2.24) is 4.57 Å². The van der Waals surface area contributed by atoms with Gasteiger partial charge in [0.2, 0.25) is 5.91 Å². The lowest BCUT2D eigenvalue weighted by molar-refractivity contribution is 0.0941. The zero-order chi connectivity index (χ0) is 10.1. The maximum atomic E-state index is 11.2. The normalized spacial score (nSPS) is 10.7. The molecule has 2 nitrogen and oxygen atoms in total. The second kappa shape index (κ2) is 3.46. The zero-order valence-electron chi connectivity index (χ0n) is 7.83. The molecule has 0 saturated heterocycles. The first kappa shape index (κ1) is 9.28. The predicted molar refractivity (Wildman–Crippen MR) is 57.8 cm³/mol. The van der Waals surface area contributed by atoms with Crippen LogP contribution in [0.3, 0.4) is 0 Å². The van der Waals surface area contributed by atoms with Crippen molar-refractivity contribution in [3.63, 3.8) is 0 Å². The van der Waals surface area contributed by atoms with Gasteiger partial charge < -0.3 is 0 Å². The second-order valence-corrected chi connectivity index (χ2v) is 3.50. The number of carbonyl (C=O) groups excluding carboxylic acids is 1. The largest absolute Gasteiger partial charge is 0.287 e. The van der Waals surface area contributed by atoms with Crippen LogP contribution in [0.5, 0.6) is 0 Å². The molecule has 0 amide bonds. The Bertz CT molecular complexity index is 487. The smallest absolute Gasteiger partial charge is 0.227 e. The molecule has 2 aromatic rings. The average Bonchev–Trinajstić information content (AvgIpc) is 2.59. The van der Waals surface area contributed by atoms with E-state index in [4.69, 9.17) is 11.6 Å². The van der Waals surface area contributed by atoms with Crippen molar-refractivity contribution < 1.29 is 4.79 Å². The zero-order valence-corrected chi connectivity index (χ0v) is 8.58. The predicted octanol–water partition coefficient (Wildman–Crippen LogP) is 3.04. The van der Waals surface area contributed by atoms with Crippen LogP contribution in [0.25, 0.3) is 10.9 Å². The monoisotopic (exact) mass is 207 g/mol. The number of hydrogen-bond acceptors (Lipinski definition) is 1. The van der Waals surface area contributed by atoms with E-state index in [2.05, 4.69) is 0 Å². The second-order valence-electron chi connectivity index (χ2n) is 3.23. The molecule has 1 aromatic carbocycles. The number of alkyl halides is 1. The third kappa shape index (κ3) is 1.42. The van der Waals surface area contributed by atoms with Crippen molar-refractivity contribution in [3.05, 3.63) is 36.0 Å². The summed E-state index contributed by atoms with van der Waals surface area (Å²) in [5.74, 6) is 0.528. The van der Waals surface area contributed by atoms with Gasteiger partial charge in [0, 0.05) is 24.4 Å². The molecule has 0 aliphatic rings. The Morgan fingerprint density at radius 1 is 1.43 bits per heavy atom. The maximum Gasteiger partial charge on any atom is 0.227 e. The molecule has 0 aliphatic heterocycles. The van der Waals surface area contributed by atoms with E-state index >= 15 is 0 Å². The molecule has 0 N–H and O–H groups in total. The minimum Gasteiger partial charge on any atom is -0.287 e. The summed E-state index contributed by atoms with van der Waals surface area (Å²) in [6.07, 6.45) is 1.78. The third-order valence-electron chi connectivity index (χ3n) is 2.25. The number of fused-ring (bicyclic) bond motifs is 1. The summed E-state index contributed by atoms with van der Waals surface area (Å²) >= 11 is 5.72. The van der Waals surface area contributed by atoms with E-state index in [0.717, 1.165) is 16.5 Å². The van der Waals surface area contributed by atoms with Gasteiger partial charge in [0.05, 0.1) is 5.52 Å². The first-order chi connectivity index (χ1) is 6.72. The van der Waals surface area contributed by atoms with Gasteiger partial charge in [0.1, 0.15) is 0 Å². The summed E-state index contributed by atoms with van der Waals surface area (Å²) in [5.41, 5.74) is 2.01. The van der Waals surface area contributed by atoms with Crippen LogP contribution in [0, 0.1) is 0 Å². The highest BCUT2D eigenvalue weighted by Crippen LogP contribution is 2.18. The number of aromatic nitrogens is 1. The Morgan fingerprint density at radius 3 is 2.86 bits per heavy atom. The van der Waals surface area contributed by atoms with Gasteiger partial charge in [-0.15, -0.1) is 11.6 Å². The lowest BCUT2D eigenvalue weighted by Crippen LogP contribution is -2.02. The summed E-state index contributed by atoms with van der Waals surface area (Å²) in [6.45, 7) is 1.55. The van der Waals surface area contributed by atoms with E-state index in [-0.39, 0.29) is 5.91 Å². The molecule has 72 valence electrons. The molecule has 0 fully saturated rings. The fourth-order valence-corrected chi connectivity index (χ4v) is 1.72. The Hall–Kier alpha value is -1.28. The summed E-state index contributed by atoms with van der Waals surface area (Å²) in [7, 11) is 0. The van der Waals surface area contributed by atoms with Crippen LogP contribution in [0.2, 0.25) is 0 Å². The molecule has 0 saturated carbocycles. The SMILES string of the molecule is CC(=O)n1ccc2cc(CCl)ccc21. The summed E-state index contributed by atoms with van der Waals surface area (Å²) in [4.78, 5) is 11.2. The number of halogens is 1. The van der Waals surface area contributed by atoms with Crippen LogP contribution in [0.15, 0.2) is 30.5 Å². The van der Waals surface area contributed by atoms with E-state index < -0.39 is 0 Å². The molecular weight excluding hydrogens is 198 g/mol. The maximum absolute atomic E-state index is 11.2. The average molecular weight is 208 g/mol. The highest BCUT2D eigenvalue weighted by Gasteiger charge is 2.04. The summed E-state index contributed by atoms with van der Waals surface area (Å²) < 4.78 is 1.63. The van der Waals surface area contributed by atoms with Crippen LogP contribution in [0.1, 0.15) is 17.3 Å². The summed E-state index contributed by atoms with van der Waals surface area (Å²) in [6, 6.07) is 7.79. The van der Waals surface area contributed by atoms with Crippen molar-refractivity contribution in [2.75, 3.05) is 0 Å². The number of rotatable bonds is 1. The van der Waals surface area contributed by atoms with Crippen molar-refractivity contribution >= 4 is 28.4 Å². The molecule has 3 heteroatoms. The molecule has 0 unspecified atom stereocenters. The van der Waals surface area contributed by atoms with Crippen LogP contribution >= 0.6 is 11.6 Å². The topological polar surface area (TPSA) is 22.0 Å². The molecule has 0 atom stereocenters. The lowest BCUT2D eigenvalue weighted by Gasteiger charge is -2.00. The first-order valence-electron chi connectivity index (χ1n) is 4.39. The molecule has 0 aliphatic carbocycles. The fraction of sp³-hybridized carbons (Fsp3) is 0.182. The van der Waals surface area contributed by atoms with Crippen molar-refractivity contribution in [3.8, 4) is 0 Å². The van der Waals surface area contributed by atoms with E-state index in [0.29, 0.717) is 5.88 Å². The number of benzene rings is 1. The first-order valence-corrected chi connectivity index (χ1v) is 4.92. The van der Waals surface area contributed by atoms with Crippen LogP contribution in [-0.4, -0.2) is 10.5 Å². The molecule has 2 rings (SSSR count). The van der Waals surface area contributed by atoms with Gasteiger partial charge in [-0.05, 0) is 23.8 Å². The fourth-order valence-electron chi connectivity index (χ4n) is 1.55.